The summed E-state index contributed by atoms with van der Waals surface area (Å²) in [6.45, 7) is 16.6. The van der Waals surface area contributed by atoms with Gasteiger partial charge in [0, 0.05) is 18.8 Å². The van der Waals surface area contributed by atoms with Crippen molar-refractivity contribution in [2.45, 2.75) is 40.0 Å². The van der Waals surface area contributed by atoms with E-state index in [0.717, 1.165) is 38.0 Å². The Hall–Kier alpha value is -1.98. The van der Waals surface area contributed by atoms with E-state index in [1.54, 1.807) is 0 Å². The smallest absolute Gasteiger partial charge is 0.0359 e. The molecule has 1 aliphatic heterocycles. The van der Waals surface area contributed by atoms with Crippen LogP contribution < -0.4 is 0 Å². The van der Waals surface area contributed by atoms with Crippen molar-refractivity contribution in [3.05, 3.63) is 78.8 Å². The van der Waals surface area contributed by atoms with Gasteiger partial charge in [0.25, 0.3) is 0 Å². The fraction of sp³-hybridized carbons (Fsp3) is 0.409. The minimum absolute atomic E-state index is 0.202. The fourth-order valence-corrected chi connectivity index (χ4v) is 2.54. The first kappa shape index (κ1) is 19.1. The largest absolute Gasteiger partial charge is 0.369 e. The Labute approximate surface area is 142 Å². The van der Waals surface area contributed by atoms with Gasteiger partial charge in [0.1, 0.15) is 0 Å². The van der Waals surface area contributed by atoms with Crippen LogP contribution in [-0.4, -0.2) is 18.0 Å². The number of likely N-dealkylation sites (N-methyl/N-ethyl adjacent to an activating group) is 1. The lowest BCUT2D eigenvalue weighted by Crippen LogP contribution is -2.21. The van der Waals surface area contributed by atoms with Crippen molar-refractivity contribution in [3.63, 3.8) is 0 Å². The zero-order valence-electron chi connectivity index (χ0n) is 15.0. The van der Waals surface area contributed by atoms with Gasteiger partial charge in [-0.2, -0.15) is 0 Å². The van der Waals surface area contributed by atoms with Crippen LogP contribution in [0.2, 0.25) is 0 Å². The van der Waals surface area contributed by atoms with Crippen LogP contribution in [0, 0.1) is 5.41 Å². The fourth-order valence-electron chi connectivity index (χ4n) is 2.54. The maximum atomic E-state index is 4.16. The molecule has 0 aromatic heterocycles. The molecular weight excluding hydrogens is 278 g/mol. The molecule has 0 aliphatic carbocycles. The summed E-state index contributed by atoms with van der Waals surface area (Å²) < 4.78 is 0. The molecule has 23 heavy (non-hydrogen) atoms. The summed E-state index contributed by atoms with van der Waals surface area (Å²) in [6.07, 6.45) is 20.2. The Bertz CT molecular complexity index is 549. The lowest BCUT2D eigenvalue weighted by Gasteiger charge is -2.23. The van der Waals surface area contributed by atoms with Gasteiger partial charge >= 0.3 is 0 Å². The molecule has 0 amide bonds. The van der Waals surface area contributed by atoms with Crippen LogP contribution in [-0.2, 0) is 0 Å². The van der Waals surface area contributed by atoms with E-state index in [4.69, 9.17) is 0 Å². The first-order valence-electron chi connectivity index (χ1n) is 8.46. The van der Waals surface area contributed by atoms with E-state index in [0.29, 0.717) is 0 Å². The third-order valence-electron chi connectivity index (χ3n) is 3.97. The molecule has 1 aliphatic rings. The van der Waals surface area contributed by atoms with Crippen LogP contribution in [0.4, 0.5) is 0 Å². The molecule has 0 bridgehead atoms. The van der Waals surface area contributed by atoms with Crippen LogP contribution in [0.1, 0.15) is 40.0 Å². The minimum atomic E-state index is 0.202. The maximum Gasteiger partial charge on any atom is 0.0359 e. The summed E-state index contributed by atoms with van der Waals surface area (Å²) in [5, 5.41) is 0. The van der Waals surface area contributed by atoms with Gasteiger partial charge in [0.15, 0.2) is 0 Å². The third-order valence-corrected chi connectivity index (χ3v) is 3.97. The molecular formula is C22H31N. The lowest BCUT2D eigenvalue weighted by molar-refractivity contribution is 0.371. The monoisotopic (exact) mass is 309 g/mol. The quantitative estimate of drug-likeness (QED) is 0.426. The second-order valence-corrected chi connectivity index (χ2v) is 6.67. The second kappa shape index (κ2) is 9.92. The molecule has 1 heteroatoms. The normalized spacial score (nSPS) is 25.4. The van der Waals surface area contributed by atoms with Crippen molar-refractivity contribution in [3.8, 4) is 0 Å². The molecule has 0 atom stereocenters. The Morgan fingerprint density at radius 2 is 1.91 bits per heavy atom. The van der Waals surface area contributed by atoms with Gasteiger partial charge in [0.05, 0.1) is 0 Å². The molecule has 0 N–H and O–H groups in total. The van der Waals surface area contributed by atoms with Crippen LogP contribution >= 0.6 is 0 Å². The Morgan fingerprint density at radius 1 is 1.13 bits per heavy atom. The van der Waals surface area contributed by atoms with Crippen LogP contribution in [0.15, 0.2) is 78.8 Å². The summed E-state index contributed by atoms with van der Waals surface area (Å²) in [4.78, 5) is 2.26. The van der Waals surface area contributed by atoms with Crippen LogP contribution in [0.3, 0.4) is 0 Å². The van der Waals surface area contributed by atoms with E-state index in [1.165, 1.54) is 5.57 Å². The van der Waals surface area contributed by atoms with E-state index >= 15 is 0 Å². The van der Waals surface area contributed by atoms with E-state index < -0.39 is 0 Å². The third kappa shape index (κ3) is 7.72. The molecule has 0 spiro atoms. The minimum Gasteiger partial charge on any atom is -0.369 e. The van der Waals surface area contributed by atoms with Gasteiger partial charge in [-0.3, -0.25) is 0 Å². The predicted molar refractivity (Wildman–Crippen MR) is 103 cm³/mol. The van der Waals surface area contributed by atoms with Crippen molar-refractivity contribution in [2.75, 3.05) is 13.1 Å². The standard InChI is InChI=1S/C22H31N/c1-6-21-16-12-8-9-14-18-23(7-2)20(3)15-11-10-13-17-22(4,5)19-21/h9-16H,1,3,7-8,17-19H2,2,4-5H3/b13-10-,14-9-,15-11-,16-12-. The van der Waals surface area contributed by atoms with Crippen LogP contribution in [0.25, 0.3) is 0 Å². The van der Waals surface area contributed by atoms with Gasteiger partial charge < -0.3 is 4.90 Å². The highest BCUT2D eigenvalue weighted by atomic mass is 15.1. The molecule has 1 rings (SSSR count). The molecule has 0 radical (unpaired) electrons. The maximum absolute atomic E-state index is 4.16. The zero-order chi connectivity index (χ0) is 17.1. The van der Waals surface area contributed by atoms with E-state index in [1.807, 2.05) is 0 Å². The molecule has 1 nitrogen and oxygen atoms in total. The Morgan fingerprint density at radius 3 is 2.61 bits per heavy atom. The highest BCUT2D eigenvalue weighted by molar-refractivity contribution is 5.22. The summed E-state index contributed by atoms with van der Waals surface area (Å²) in [7, 11) is 0. The molecule has 0 saturated carbocycles. The van der Waals surface area contributed by atoms with Crippen molar-refractivity contribution < 1.29 is 0 Å². The molecule has 0 saturated heterocycles. The zero-order valence-corrected chi connectivity index (χ0v) is 15.0. The summed E-state index contributed by atoms with van der Waals surface area (Å²) >= 11 is 0. The molecule has 0 aromatic rings. The van der Waals surface area contributed by atoms with Gasteiger partial charge in [-0.05, 0) is 43.3 Å². The Kier molecular flexibility index (Phi) is 8.22. The van der Waals surface area contributed by atoms with Gasteiger partial charge in [0.2, 0.25) is 0 Å². The van der Waals surface area contributed by atoms with Crippen LogP contribution in [0.5, 0.6) is 0 Å². The summed E-state index contributed by atoms with van der Waals surface area (Å²) in [5.41, 5.74) is 5.52. The van der Waals surface area contributed by atoms with Gasteiger partial charge in [-0.25, -0.2) is 0 Å². The number of rotatable bonds is 1. The molecule has 0 fully saturated rings. The summed E-state index contributed by atoms with van der Waals surface area (Å²) in [5.74, 6) is 0. The average molecular weight is 309 g/mol. The SMILES string of the molecule is C=C=C1/C=C\C/C=C\CN(CC)C(=C)/C=C\C=C/CC(C)(C)C1. The number of hydrogen-bond acceptors (Lipinski definition) is 1. The van der Waals surface area contributed by atoms with Crippen molar-refractivity contribution in [1.29, 1.82) is 0 Å². The van der Waals surface area contributed by atoms with E-state index in [9.17, 15) is 0 Å². The molecule has 124 valence electrons. The highest BCUT2D eigenvalue weighted by Crippen LogP contribution is 2.29. The topological polar surface area (TPSA) is 3.24 Å². The number of nitrogens with zero attached hydrogens (tertiary/aromatic N) is 1. The molecule has 1 heterocycles. The van der Waals surface area contributed by atoms with Crippen molar-refractivity contribution in [1.82, 2.24) is 4.90 Å². The first-order chi connectivity index (χ1) is 11.0. The first-order valence-corrected chi connectivity index (χ1v) is 8.46. The average Bonchev–Trinajstić information content (AvgIpc) is 2.51. The highest BCUT2D eigenvalue weighted by Gasteiger charge is 2.17. The van der Waals surface area contributed by atoms with Gasteiger partial charge in [-0.1, -0.05) is 69.5 Å². The second-order valence-electron chi connectivity index (χ2n) is 6.67. The van der Waals surface area contributed by atoms with E-state index in [2.05, 4.69) is 93.2 Å². The van der Waals surface area contributed by atoms with Crippen molar-refractivity contribution >= 4 is 0 Å². The molecule has 0 aromatic carbocycles. The van der Waals surface area contributed by atoms with Crippen molar-refractivity contribution in [2.24, 2.45) is 5.41 Å². The summed E-state index contributed by atoms with van der Waals surface area (Å²) in [6, 6.07) is 0. The Balaban J connectivity index is 2.93. The predicted octanol–water partition coefficient (Wildman–Crippen LogP) is 5.97. The lowest BCUT2D eigenvalue weighted by atomic mass is 9.82. The molecule has 0 unspecified atom stereocenters. The number of hydrogen-bond donors (Lipinski definition) is 0. The number of allylic oxidation sites excluding steroid dienone is 8. The van der Waals surface area contributed by atoms with Gasteiger partial charge in [-0.15, -0.1) is 5.73 Å². The van der Waals surface area contributed by atoms with E-state index in [-0.39, 0.29) is 5.41 Å².